The maximum Gasteiger partial charge on any atom is 0.311 e. The molecule has 0 saturated heterocycles. The van der Waals surface area contributed by atoms with E-state index in [1.807, 2.05) is 20.8 Å². The summed E-state index contributed by atoms with van der Waals surface area (Å²) in [6.45, 7) is 9.91. The number of aliphatic hydroxyl groups excluding tert-OH is 1. The number of phenols is 1. The number of ether oxygens (including phenoxy) is 2. The van der Waals surface area contributed by atoms with E-state index in [0.717, 1.165) is 11.1 Å². The first-order chi connectivity index (χ1) is 15.4. The van der Waals surface area contributed by atoms with Gasteiger partial charge in [-0.3, -0.25) is 4.79 Å². The fraction of sp³-hybridized carbons (Fsp3) is 0.462. The van der Waals surface area contributed by atoms with Gasteiger partial charge in [0.1, 0.15) is 6.10 Å². The quantitative estimate of drug-likeness (QED) is 0.356. The van der Waals surface area contributed by atoms with Crippen LogP contribution in [0.3, 0.4) is 0 Å². The lowest BCUT2D eigenvalue weighted by Crippen LogP contribution is -2.40. The summed E-state index contributed by atoms with van der Waals surface area (Å²) in [4.78, 5) is 12.9. The number of carbonyl (C=O) groups excluding carboxylic acids is 1. The average Bonchev–Trinajstić information content (AvgIpc) is 2.73. The maximum absolute atomic E-state index is 12.9. The van der Waals surface area contributed by atoms with Crippen LogP contribution in [0.1, 0.15) is 43.0 Å². The molecule has 2 atom stereocenters. The van der Waals surface area contributed by atoms with Crippen LogP contribution in [0.25, 0.3) is 0 Å². The van der Waals surface area contributed by atoms with Crippen molar-refractivity contribution in [3.05, 3.63) is 58.7 Å². The third kappa shape index (κ3) is 7.93. The monoisotopic (exact) mass is 473 g/mol. The number of carbonyl (C=O) groups is 1. The van der Waals surface area contributed by atoms with Crippen LogP contribution in [0.5, 0.6) is 11.5 Å². The lowest BCUT2D eigenvalue weighted by molar-refractivity contribution is -0.161. The second-order valence-corrected chi connectivity index (χ2v) is 9.86. The molecule has 7 heteroatoms. The van der Waals surface area contributed by atoms with Crippen molar-refractivity contribution in [2.45, 2.75) is 53.6 Å². The number of hydrogen-bond acceptors (Lipinski definition) is 5. The Morgan fingerprint density at radius 2 is 1.70 bits per heavy atom. The fourth-order valence-electron chi connectivity index (χ4n) is 3.49. The van der Waals surface area contributed by atoms with Gasteiger partial charge >= 0.3 is 5.97 Å². The summed E-state index contributed by atoms with van der Waals surface area (Å²) >= 11 is 4.82. The van der Waals surface area contributed by atoms with Crippen LogP contribution < -0.4 is 10.1 Å². The Morgan fingerprint density at radius 3 is 2.27 bits per heavy atom. The Morgan fingerprint density at radius 1 is 1.06 bits per heavy atom. The van der Waals surface area contributed by atoms with E-state index in [2.05, 4.69) is 37.4 Å². The Labute approximate surface area is 201 Å². The second-order valence-electron chi connectivity index (χ2n) is 9.47. The lowest BCUT2D eigenvalue weighted by Gasteiger charge is -2.30. The molecule has 6 nitrogen and oxygen atoms in total. The number of aliphatic hydroxyl groups is 1. The summed E-state index contributed by atoms with van der Waals surface area (Å²) in [5.41, 5.74) is 3.68. The van der Waals surface area contributed by atoms with E-state index in [9.17, 15) is 15.0 Å². The van der Waals surface area contributed by atoms with Crippen LogP contribution in [0.4, 0.5) is 0 Å². The highest BCUT2D eigenvalue weighted by atomic mass is 32.1. The van der Waals surface area contributed by atoms with Gasteiger partial charge in [-0.1, -0.05) is 24.3 Å². The summed E-state index contributed by atoms with van der Waals surface area (Å²) in [6.07, 6.45) is 0.524. The topological polar surface area (TPSA) is 88.0 Å². The van der Waals surface area contributed by atoms with Crippen molar-refractivity contribution in [1.82, 2.24) is 5.32 Å². The molecule has 0 bridgehead atoms. The summed E-state index contributed by atoms with van der Waals surface area (Å²) in [5.74, 6) is -0.0876. The van der Waals surface area contributed by atoms with Gasteiger partial charge in [0.05, 0.1) is 12.5 Å². The molecule has 3 N–H and O–H groups in total. The van der Waals surface area contributed by atoms with E-state index >= 15 is 0 Å². The summed E-state index contributed by atoms with van der Waals surface area (Å²) in [7, 11) is 1.49. The first kappa shape index (κ1) is 26.5. The predicted molar refractivity (Wildman–Crippen MR) is 134 cm³/mol. The molecule has 0 amide bonds. The fourth-order valence-corrected chi connectivity index (χ4v) is 3.57. The number of rotatable bonds is 9. The van der Waals surface area contributed by atoms with Crippen molar-refractivity contribution in [3.63, 3.8) is 0 Å². The SMILES string of the molecule is COc1cc(CC(OC(=O)C(C)(C)C)C(CNC(O)=S)Cc2ccc(C)c(C)c2)ccc1O. The highest BCUT2D eigenvalue weighted by Gasteiger charge is 2.31. The van der Waals surface area contributed by atoms with Gasteiger partial charge in [0, 0.05) is 18.9 Å². The van der Waals surface area contributed by atoms with Crippen molar-refractivity contribution in [3.8, 4) is 11.5 Å². The zero-order chi connectivity index (χ0) is 24.8. The van der Waals surface area contributed by atoms with E-state index in [0.29, 0.717) is 25.1 Å². The molecular formula is C26H35NO5S. The Hall–Kier alpha value is -2.80. The minimum absolute atomic E-state index is 0.0449. The smallest absolute Gasteiger partial charge is 0.311 e. The zero-order valence-corrected chi connectivity index (χ0v) is 21.1. The van der Waals surface area contributed by atoms with E-state index in [-0.39, 0.29) is 22.8 Å². The van der Waals surface area contributed by atoms with Gasteiger partial charge in [-0.25, -0.2) is 0 Å². The van der Waals surface area contributed by atoms with E-state index in [4.69, 9.17) is 21.7 Å². The number of benzene rings is 2. The molecule has 0 aliphatic carbocycles. The summed E-state index contributed by atoms with van der Waals surface area (Å²) in [5, 5.41) is 22.1. The standard InChI is InChI=1S/C26H35NO5S/c1-16-7-8-18(11-17(16)2)12-20(15-27-25(30)33)22(32-24(29)26(3,4)5)13-19-9-10-21(28)23(14-19)31-6/h7-11,14,20,22,28H,12-13,15H2,1-6H3,(H2,27,30,33). The van der Waals surface area contributed by atoms with Crippen LogP contribution in [-0.2, 0) is 22.4 Å². The molecule has 2 unspecified atom stereocenters. The van der Waals surface area contributed by atoms with Crippen LogP contribution in [-0.4, -0.2) is 41.1 Å². The molecule has 0 aromatic heterocycles. The average molecular weight is 474 g/mol. The molecule has 0 spiro atoms. The molecule has 0 heterocycles. The Kier molecular flexibility index (Phi) is 9.11. The van der Waals surface area contributed by atoms with E-state index < -0.39 is 11.5 Å². The predicted octanol–water partition coefficient (Wildman–Crippen LogP) is 4.81. The van der Waals surface area contributed by atoms with E-state index in [1.165, 1.54) is 18.2 Å². The number of phenolic OH excluding ortho intramolecular Hbond substituents is 1. The molecule has 0 fully saturated rings. The number of aromatic hydroxyl groups is 1. The van der Waals surface area contributed by atoms with Crippen molar-refractivity contribution in [2.24, 2.45) is 11.3 Å². The Balaban J connectivity index is 2.41. The Bertz CT molecular complexity index is 983. The number of aryl methyl sites for hydroxylation is 2. The van der Waals surface area contributed by atoms with Gasteiger partial charge in [-0.2, -0.15) is 0 Å². The third-order valence-corrected chi connectivity index (χ3v) is 5.81. The molecule has 0 radical (unpaired) electrons. The van der Waals surface area contributed by atoms with Crippen LogP contribution in [0, 0.1) is 25.2 Å². The van der Waals surface area contributed by atoms with Crippen molar-refractivity contribution in [1.29, 1.82) is 0 Å². The highest BCUT2D eigenvalue weighted by molar-refractivity contribution is 7.79. The van der Waals surface area contributed by atoms with E-state index in [1.54, 1.807) is 18.2 Å². The second kappa shape index (κ2) is 11.4. The largest absolute Gasteiger partial charge is 0.504 e. The number of hydrogen-bond donors (Lipinski definition) is 3. The molecule has 2 aromatic rings. The zero-order valence-electron chi connectivity index (χ0n) is 20.3. The molecular weight excluding hydrogens is 438 g/mol. The number of thiocarbonyl (C=S) groups is 1. The summed E-state index contributed by atoms with van der Waals surface area (Å²) < 4.78 is 11.3. The number of esters is 1. The van der Waals surface area contributed by atoms with Crippen molar-refractivity contribution in [2.75, 3.05) is 13.7 Å². The lowest BCUT2D eigenvalue weighted by atomic mass is 9.88. The van der Waals surface area contributed by atoms with Crippen LogP contribution in [0.15, 0.2) is 36.4 Å². The molecule has 0 aliphatic heterocycles. The molecule has 33 heavy (non-hydrogen) atoms. The molecule has 2 rings (SSSR count). The van der Waals surface area contributed by atoms with Gasteiger partial charge in [0.25, 0.3) is 5.17 Å². The normalized spacial score (nSPS) is 13.2. The number of methoxy groups -OCH3 is 1. The van der Waals surface area contributed by atoms with Crippen molar-refractivity contribution < 1.29 is 24.5 Å². The molecule has 0 saturated carbocycles. The third-order valence-electron chi connectivity index (χ3n) is 5.66. The van der Waals surface area contributed by atoms with Crippen LogP contribution >= 0.6 is 12.2 Å². The highest BCUT2D eigenvalue weighted by Crippen LogP contribution is 2.29. The molecule has 2 aromatic carbocycles. The van der Waals surface area contributed by atoms with Crippen LogP contribution in [0.2, 0.25) is 0 Å². The van der Waals surface area contributed by atoms with Gasteiger partial charge < -0.3 is 25.0 Å². The summed E-state index contributed by atoms with van der Waals surface area (Å²) in [6, 6.07) is 11.4. The molecule has 180 valence electrons. The van der Waals surface area contributed by atoms with Gasteiger partial charge in [0.15, 0.2) is 11.5 Å². The minimum atomic E-state index is -0.671. The van der Waals surface area contributed by atoms with Gasteiger partial charge in [-0.15, -0.1) is 0 Å². The number of nitrogens with one attached hydrogen (secondary N) is 1. The first-order valence-corrected chi connectivity index (χ1v) is 11.4. The minimum Gasteiger partial charge on any atom is -0.504 e. The first-order valence-electron chi connectivity index (χ1n) is 11.0. The molecule has 0 aliphatic rings. The maximum atomic E-state index is 12.9. The van der Waals surface area contributed by atoms with Gasteiger partial charge in [0.2, 0.25) is 0 Å². The van der Waals surface area contributed by atoms with Crippen molar-refractivity contribution >= 4 is 23.4 Å². The van der Waals surface area contributed by atoms with Gasteiger partial charge in [-0.05, 0) is 87.6 Å².